The number of hydrogen-bond acceptors (Lipinski definition) is 5. The molecule has 4 aromatic rings. The van der Waals surface area contributed by atoms with Crippen LogP contribution in [0, 0.1) is 5.92 Å². The molecule has 1 atom stereocenters. The van der Waals surface area contributed by atoms with E-state index in [1.165, 1.54) is 28.7 Å². The second-order valence-corrected chi connectivity index (χ2v) is 8.35. The summed E-state index contributed by atoms with van der Waals surface area (Å²) in [5, 5.41) is 4.89. The van der Waals surface area contributed by atoms with E-state index in [0.717, 1.165) is 33.9 Å². The van der Waals surface area contributed by atoms with Gasteiger partial charge < -0.3 is 10.3 Å². The van der Waals surface area contributed by atoms with Crippen LogP contribution < -0.4 is 5.32 Å². The van der Waals surface area contributed by atoms with Crippen LogP contribution in [0.3, 0.4) is 0 Å². The van der Waals surface area contributed by atoms with Gasteiger partial charge in [0.15, 0.2) is 0 Å². The van der Waals surface area contributed by atoms with Crippen LogP contribution >= 0.6 is 11.3 Å². The molecule has 6 heteroatoms. The third-order valence-electron chi connectivity index (χ3n) is 5.16. The van der Waals surface area contributed by atoms with Crippen molar-refractivity contribution >= 4 is 38.4 Å². The van der Waals surface area contributed by atoms with Crippen LogP contribution in [0.2, 0.25) is 0 Å². The minimum atomic E-state index is 0.0671. The number of fused-ring (bicyclic) bond motifs is 4. The number of para-hydroxylation sites is 2. The Kier molecular flexibility index (Phi) is 3.67. The molecule has 3 aromatic heterocycles. The van der Waals surface area contributed by atoms with Crippen molar-refractivity contribution in [3.63, 3.8) is 0 Å². The number of nitrogens with zero attached hydrogens (tertiary/aromatic N) is 3. The minimum Gasteiger partial charge on any atom is -0.359 e. The fraction of sp³-hybridized carbons (Fsp3) is 0.350. The first-order chi connectivity index (χ1) is 12.7. The molecule has 0 spiro atoms. The third-order valence-corrected chi connectivity index (χ3v) is 6.36. The molecule has 0 fully saturated rings. The van der Waals surface area contributed by atoms with Gasteiger partial charge in [-0.2, -0.15) is 0 Å². The Hall–Kier alpha value is -2.47. The van der Waals surface area contributed by atoms with E-state index in [4.69, 9.17) is 4.98 Å². The highest BCUT2D eigenvalue weighted by molar-refractivity contribution is 7.19. The predicted octanol–water partition coefficient (Wildman–Crippen LogP) is 4.87. The Labute approximate surface area is 155 Å². The van der Waals surface area contributed by atoms with E-state index in [2.05, 4.69) is 40.2 Å². The molecule has 132 valence electrons. The molecule has 1 aliphatic rings. The Morgan fingerprint density at radius 1 is 1.15 bits per heavy atom. The zero-order chi connectivity index (χ0) is 17.7. The maximum absolute atomic E-state index is 4.81. The Bertz CT molecular complexity index is 1060. The quantitative estimate of drug-likeness (QED) is 0.543. The number of benzene rings is 1. The molecular weight excluding hydrogens is 342 g/mol. The second-order valence-electron chi connectivity index (χ2n) is 7.26. The van der Waals surface area contributed by atoms with Crippen LogP contribution in [-0.4, -0.2) is 19.9 Å². The lowest BCUT2D eigenvalue weighted by Gasteiger charge is -2.21. The van der Waals surface area contributed by atoms with Crippen molar-refractivity contribution in [1.29, 1.82) is 0 Å². The van der Waals surface area contributed by atoms with Crippen LogP contribution in [-0.2, 0) is 12.8 Å². The van der Waals surface area contributed by atoms with Crippen molar-refractivity contribution in [2.45, 2.75) is 39.2 Å². The number of nitrogens with one attached hydrogen (secondary N) is 2. The molecule has 5 rings (SSSR count). The SMILES string of the molecule is CC(C)[C@H](Nc1ncnc2sc3c(c12)CCC3)c1nc2ccccc2[nH]1. The highest BCUT2D eigenvalue weighted by atomic mass is 32.1. The number of anilines is 1. The highest BCUT2D eigenvalue weighted by Gasteiger charge is 2.25. The van der Waals surface area contributed by atoms with E-state index < -0.39 is 0 Å². The first kappa shape index (κ1) is 15.8. The van der Waals surface area contributed by atoms with Gasteiger partial charge in [0, 0.05) is 4.88 Å². The summed E-state index contributed by atoms with van der Waals surface area (Å²) < 4.78 is 0. The van der Waals surface area contributed by atoms with Crippen LogP contribution in [0.4, 0.5) is 5.82 Å². The monoisotopic (exact) mass is 363 g/mol. The summed E-state index contributed by atoms with van der Waals surface area (Å²) in [6, 6.07) is 8.23. The lowest BCUT2D eigenvalue weighted by Crippen LogP contribution is -2.19. The number of aromatic amines is 1. The second kappa shape index (κ2) is 6.06. The van der Waals surface area contributed by atoms with Crippen molar-refractivity contribution in [3.8, 4) is 0 Å². The van der Waals surface area contributed by atoms with Gasteiger partial charge in [0.05, 0.1) is 22.5 Å². The van der Waals surface area contributed by atoms with Gasteiger partial charge in [0.2, 0.25) is 0 Å². The summed E-state index contributed by atoms with van der Waals surface area (Å²) in [7, 11) is 0. The van der Waals surface area contributed by atoms with Crippen LogP contribution in [0.1, 0.15) is 42.6 Å². The number of aryl methyl sites for hydroxylation is 2. The zero-order valence-electron chi connectivity index (χ0n) is 14.9. The van der Waals surface area contributed by atoms with E-state index in [1.807, 2.05) is 29.5 Å². The summed E-state index contributed by atoms with van der Waals surface area (Å²) >= 11 is 1.82. The Balaban J connectivity index is 1.58. The fourth-order valence-corrected chi connectivity index (χ4v) is 5.08. The molecule has 0 aliphatic heterocycles. The fourth-order valence-electron chi connectivity index (χ4n) is 3.86. The van der Waals surface area contributed by atoms with Crippen LogP contribution in [0.15, 0.2) is 30.6 Å². The number of hydrogen-bond donors (Lipinski definition) is 2. The Morgan fingerprint density at radius 2 is 2.04 bits per heavy atom. The topological polar surface area (TPSA) is 66.5 Å². The maximum atomic E-state index is 4.81. The average Bonchev–Trinajstić information content (AvgIpc) is 3.32. The standard InChI is InChI=1S/C20H21N5S/c1-11(2)17(19-23-13-7-3-4-8-14(13)24-19)25-18-16-12-6-5-9-15(12)26-20(16)22-10-21-18/h3-4,7-8,10-11,17H,5-6,9H2,1-2H3,(H,23,24)(H,21,22,25)/t17-/m0/s1. The summed E-state index contributed by atoms with van der Waals surface area (Å²) in [5.41, 5.74) is 3.51. The van der Waals surface area contributed by atoms with Gasteiger partial charge in [-0.3, -0.25) is 0 Å². The van der Waals surface area contributed by atoms with E-state index in [0.29, 0.717) is 5.92 Å². The number of rotatable bonds is 4. The average molecular weight is 363 g/mol. The smallest absolute Gasteiger partial charge is 0.139 e. The van der Waals surface area contributed by atoms with Gasteiger partial charge in [-0.1, -0.05) is 26.0 Å². The minimum absolute atomic E-state index is 0.0671. The number of H-pyrrole nitrogens is 1. The van der Waals surface area contributed by atoms with Gasteiger partial charge in [0.1, 0.15) is 22.8 Å². The van der Waals surface area contributed by atoms with Crippen molar-refractivity contribution in [3.05, 3.63) is 46.9 Å². The molecule has 5 nitrogen and oxygen atoms in total. The van der Waals surface area contributed by atoms with Crippen molar-refractivity contribution < 1.29 is 0 Å². The van der Waals surface area contributed by atoms with E-state index in [-0.39, 0.29) is 6.04 Å². The maximum Gasteiger partial charge on any atom is 0.139 e. The van der Waals surface area contributed by atoms with Crippen LogP contribution in [0.5, 0.6) is 0 Å². The molecule has 1 aliphatic carbocycles. The summed E-state index contributed by atoms with van der Waals surface area (Å²) in [6.07, 6.45) is 5.22. The molecular formula is C20H21N5S. The van der Waals surface area contributed by atoms with Crippen molar-refractivity contribution in [2.75, 3.05) is 5.32 Å². The number of thiophene rings is 1. The predicted molar refractivity (Wildman–Crippen MR) is 107 cm³/mol. The third kappa shape index (κ3) is 2.48. The highest BCUT2D eigenvalue weighted by Crippen LogP contribution is 2.40. The van der Waals surface area contributed by atoms with E-state index in [1.54, 1.807) is 6.33 Å². The Morgan fingerprint density at radius 3 is 2.88 bits per heavy atom. The normalized spacial score (nSPS) is 15.0. The summed E-state index contributed by atoms with van der Waals surface area (Å²) in [4.78, 5) is 20.0. The molecule has 0 saturated heterocycles. The van der Waals surface area contributed by atoms with Crippen LogP contribution in [0.25, 0.3) is 21.3 Å². The summed E-state index contributed by atoms with van der Waals surface area (Å²) in [5.74, 6) is 2.26. The zero-order valence-corrected chi connectivity index (χ0v) is 15.7. The number of aromatic nitrogens is 4. The van der Waals surface area contributed by atoms with Gasteiger partial charge in [-0.25, -0.2) is 15.0 Å². The molecule has 0 unspecified atom stereocenters. The molecule has 0 amide bonds. The number of imidazole rings is 1. The largest absolute Gasteiger partial charge is 0.359 e. The first-order valence-corrected chi connectivity index (χ1v) is 9.99. The van der Waals surface area contributed by atoms with Gasteiger partial charge in [-0.15, -0.1) is 11.3 Å². The molecule has 0 radical (unpaired) electrons. The van der Waals surface area contributed by atoms with Gasteiger partial charge >= 0.3 is 0 Å². The molecule has 2 N–H and O–H groups in total. The summed E-state index contributed by atoms with van der Waals surface area (Å²) in [6.45, 7) is 4.42. The lowest BCUT2D eigenvalue weighted by atomic mass is 10.0. The molecule has 1 aromatic carbocycles. The molecule has 0 saturated carbocycles. The van der Waals surface area contributed by atoms with E-state index in [9.17, 15) is 0 Å². The van der Waals surface area contributed by atoms with Crippen molar-refractivity contribution in [1.82, 2.24) is 19.9 Å². The van der Waals surface area contributed by atoms with E-state index >= 15 is 0 Å². The first-order valence-electron chi connectivity index (χ1n) is 9.17. The lowest BCUT2D eigenvalue weighted by molar-refractivity contribution is 0.525. The van der Waals surface area contributed by atoms with Crippen molar-refractivity contribution in [2.24, 2.45) is 5.92 Å². The van der Waals surface area contributed by atoms with Gasteiger partial charge in [-0.05, 0) is 42.9 Å². The van der Waals surface area contributed by atoms with Gasteiger partial charge in [0.25, 0.3) is 0 Å². The molecule has 0 bridgehead atoms. The molecule has 3 heterocycles. The molecule has 26 heavy (non-hydrogen) atoms.